The van der Waals surface area contributed by atoms with Gasteiger partial charge in [-0.2, -0.15) is 0 Å². The van der Waals surface area contributed by atoms with E-state index in [1.54, 1.807) is 6.92 Å². The topological polar surface area (TPSA) is 17.1 Å². The number of rotatable bonds is 3. The molecule has 0 aromatic heterocycles. The third-order valence-electron chi connectivity index (χ3n) is 4.71. The van der Waals surface area contributed by atoms with Crippen LogP contribution in [0.4, 0.5) is 0 Å². The summed E-state index contributed by atoms with van der Waals surface area (Å²) in [6.07, 6.45) is 6.33. The molecule has 0 saturated heterocycles. The number of benzene rings is 1. The van der Waals surface area contributed by atoms with Crippen molar-refractivity contribution in [2.24, 2.45) is 11.8 Å². The van der Waals surface area contributed by atoms with Crippen LogP contribution in [0.2, 0.25) is 0 Å². The molecule has 18 heavy (non-hydrogen) atoms. The van der Waals surface area contributed by atoms with Crippen molar-refractivity contribution in [3.63, 3.8) is 0 Å². The van der Waals surface area contributed by atoms with E-state index in [0.717, 1.165) is 12.3 Å². The van der Waals surface area contributed by atoms with Gasteiger partial charge in [0.25, 0.3) is 0 Å². The maximum Gasteiger partial charge on any atom is 0.134 e. The standard InChI is InChI=1S/C16H20OS/c1-12(17)15-11-13-7-5-6-10-16(13,15)18-14-8-3-2-4-9-14/h2-4,8-9,13,15H,5-7,10-11H2,1H3/t13-,15-,16+/m1/s1. The Bertz CT molecular complexity index is 442. The molecule has 2 aliphatic rings. The van der Waals surface area contributed by atoms with Crippen LogP contribution in [0.3, 0.4) is 0 Å². The van der Waals surface area contributed by atoms with Crippen LogP contribution in [0.5, 0.6) is 0 Å². The van der Waals surface area contributed by atoms with Gasteiger partial charge in [-0.05, 0) is 44.2 Å². The minimum Gasteiger partial charge on any atom is -0.300 e. The highest BCUT2D eigenvalue weighted by atomic mass is 32.2. The number of fused-ring (bicyclic) bond motifs is 1. The van der Waals surface area contributed by atoms with Crippen LogP contribution in [0.25, 0.3) is 0 Å². The molecule has 0 bridgehead atoms. The van der Waals surface area contributed by atoms with Crippen molar-refractivity contribution in [3.8, 4) is 0 Å². The minimum absolute atomic E-state index is 0.228. The summed E-state index contributed by atoms with van der Waals surface area (Å²) in [4.78, 5) is 13.2. The van der Waals surface area contributed by atoms with Gasteiger partial charge in [-0.25, -0.2) is 0 Å². The molecule has 3 rings (SSSR count). The van der Waals surface area contributed by atoms with E-state index in [0.29, 0.717) is 11.7 Å². The molecule has 2 aliphatic carbocycles. The fraction of sp³-hybridized carbons (Fsp3) is 0.562. The van der Waals surface area contributed by atoms with Crippen LogP contribution in [-0.4, -0.2) is 10.5 Å². The van der Waals surface area contributed by atoms with Gasteiger partial charge >= 0.3 is 0 Å². The summed E-state index contributed by atoms with van der Waals surface area (Å²) in [5.74, 6) is 1.47. The van der Waals surface area contributed by atoms with Crippen LogP contribution in [0, 0.1) is 11.8 Å². The molecule has 2 heteroatoms. The zero-order chi connectivity index (χ0) is 12.6. The smallest absolute Gasteiger partial charge is 0.134 e. The van der Waals surface area contributed by atoms with E-state index in [1.165, 1.54) is 30.6 Å². The number of carbonyl (C=O) groups excluding carboxylic acids is 1. The zero-order valence-electron chi connectivity index (χ0n) is 10.9. The average Bonchev–Trinajstić information content (AvgIpc) is 2.35. The largest absolute Gasteiger partial charge is 0.300 e. The quantitative estimate of drug-likeness (QED) is 0.805. The lowest BCUT2D eigenvalue weighted by Gasteiger charge is -2.57. The van der Waals surface area contributed by atoms with Crippen LogP contribution >= 0.6 is 11.8 Å². The lowest BCUT2D eigenvalue weighted by molar-refractivity contribution is -0.128. The Morgan fingerprint density at radius 1 is 1.28 bits per heavy atom. The number of hydrogen-bond donors (Lipinski definition) is 0. The lowest BCUT2D eigenvalue weighted by Crippen LogP contribution is -2.57. The van der Waals surface area contributed by atoms with Crippen molar-refractivity contribution < 1.29 is 4.79 Å². The molecule has 0 N–H and O–H groups in total. The van der Waals surface area contributed by atoms with Crippen LogP contribution < -0.4 is 0 Å². The summed E-state index contributed by atoms with van der Waals surface area (Å²) in [7, 11) is 0. The Morgan fingerprint density at radius 3 is 2.72 bits per heavy atom. The van der Waals surface area contributed by atoms with Crippen molar-refractivity contribution in [2.45, 2.75) is 48.7 Å². The lowest BCUT2D eigenvalue weighted by atomic mass is 9.56. The SMILES string of the molecule is CC(=O)[C@H]1C[C@H]2CCCC[C@]21Sc1ccccc1. The molecule has 0 amide bonds. The van der Waals surface area contributed by atoms with Gasteiger partial charge in [0.2, 0.25) is 0 Å². The molecule has 0 radical (unpaired) electrons. The van der Waals surface area contributed by atoms with E-state index >= 15 is 0 Å². The summed E-state index contributed by atoms with van der Waals surface area (Å²) in [6, 6.07) is 10.6. The first kappa shape index (κ1) is 12.3. The van der Waals surface area contributed by atoms with Crippen molar-refractivity contribution in [1.82, 2.24) is 0 Å². The highest BCUT2D eigenvalue weighted by molar-refractivity contribution is 8.00. The first-order valence-electron chi connectivity index (χ1n) is 6.97. The fourth-order valence-corrected chi connectivity index (χ4v) is 5.53. The van der Waals surface area contributed by atoms with Crippen molar-refractivity contribution in [2.75, 3.05) is 0 Å². The van der Waals surface area contributed by atoms with E-state index in [2.05, 4.69) is 30.3 Å². The molecule has 3 atom stereocenters. The van der Waals surface area contributed by atoms with Crippen molar-refractivity contribution in [3.05, 3.63) is 30.3 Å². The van der Waals surface area contributed by atoms with Gasteiger partial charge in [0.05, 0.1) is 0 Å². The molecular formula is C16H20OS. The van der Waals surface area contributed by atoms with E-state index in [-0.39, 0.29) is 4.75 Å². The number of ketones is 1. The summed E-state index contributed by atoms with van der Waals surface area (Å²) < 4.78 is 0.228. The van der Waals surface area contributed by atoms with E-state index in [4.69, 9.17) is 0 Å². The number of Topliss-reactive ketones (excluding diaryl/α,β-unsaturated/α-hetero) is 1. The maximum atomic E-state index is 11.9. The molecule has 0 spiro atoms. The molecular weight excluding hydrogens is 240 g/mol. The van der Waals surface area contributed by atoms with E-state index in [9.17, 15) is 4.79 Å². The number of hydrogen-bond acceptors (Lipinski definition) is 2. The summed E-state index contributed by atoms with van der Waals surface area (Å²) in [5.41, 5.74) is 0. The van der Waals surface area contributed by atoms with Crippen molar-refractivity contribution in [1.29, 1.82) is 0 Å². The normalized spacial score (nSPS) is 34.5. The summed E-state index contributed by atoms with van der Waals surface area (Å²) in [5, 5.41) is 0. The molecule has 96 valence electrons. The molecule has 2 fully saturated rings. The second kappa shape index (κ2) is 4.73. The van der Waals surface area contributed by atoms with Gasteiger partial charge in [-0.3, -0.25) is 4.79 Å². The first-order valence-corrected chi connectivity index (χ1v) is 7.78. The Kier molecular flexibility index (Phi) is 3.23. The molecule has 0 aliphatic heterocycles. The van der Waals surface area contributed by atoms with E-state index in [1.807, 2.05) is 11.8 Å². The Hall–Kier alpha value is -0.760. The Morgan fingerprint density at radius 2 is 2.06 bits per heavy atom. The maximum absolute atomic E-state index is 11.9. The van der Waals surface area contributed by atoms with Gasteiger partial charge < -0.3 is 0 Å². The third kappa shape index (κ3) is 1.91. The van der Waals surface area contributed by atoms with E-state index < -0.39 is 0 Å². The summed E-state index contributed by atoms with van der Waals surface area (Å²) in [6.45, 7) is 1.78. The Balaban J connectivity index is 1.86. The average molecular weight is 260 g/mol. The fourth-order valence-electron chi connectivity index (χ4n) is 3.76. The van der Waals surface area contributed by atoms with Gasteiger partial charge in [0, 0.05) is 15.6 Å². The minimum atomic E-state index is 0.228. The van der Waals surface area contributed by atoms with Crippen LogP contribution in [0.1, 0.15) is 39.0 Å². The molecule has 2 saturated carbocycles. The van der Waals surface area contributed by atoms with Crippen molar-refractivity contribution >= 4 is 17.5 Å². The predicted octanol–water partition coefficient (Wildman–Crippen LogP) is 4.32. The first-order chi connectivity index (χ1) is 8.72. The number of carbonyl (C=O) groups is 1. The van der Waals surface area contributed by atoms with Gasteiger partial charge in [-0.15, -0.1) is 11.8 Å². The third-order valence-corrected chi connectivity index (χ3v) is 6.42. The second-order valence-electron chi connectivity index (χ2n) is 5.71. The van der Waals surface area contributed by atoms with Gasteiger partial charge in [-0.1, -0.05) is 31.0 Å². The van der Waals surface area contributed by atoms with Crippen LogP contribution in [-0.2, 0) is 4.79 Å². The highest BCUT2D eigenvalue weighted by Gasteiger charge is 2.57. The second-order valence-corrected chi connectivity index (χ2v) is 7.15. The Labute approximate surface area is 113 Å². The molecule has 1 aromatic carbocycles. The molecule has 0 heterocycles. The molecule has 1 nitrogen and oxygen atoms in total. The van der Waals surface area contributed by atoms with Gasteiger partial charge in [0.15, 0.2) is 0 Å². The molecule has 0 unspecified atom stereocenters. The predicted molar refractivity (Wildman–Crippen MR) is 75.8 cm³/mol. The highest BCUT2D eigenvalue weighted by Crippen LogP contribution is 2.62. The van der Waals surface area contributed by atoms with Gasteiger partial charge in [0.1, 0.15) is 5.78 Å². The monoisotopic (exact) mass is 260 g/mol. The zero-order valence-corrected chi connectivity index (χ0v) is 11.7. The molecule has 1 aromatic rings. The van der Waals surface area contributed by atoms with Crippen LogP contribution in [0.15, 0.2) is 35.2 Å². The number of thioether (sulfide) groups is 1. The summed E-state index contributed by atoms with van der Waals surface area (Å²) >= 11 is 1.98.